The van der Waals surface area contributed by atoms with Crippen LogP contribution in [0.3, 0.4) is 0 Å². The number of carboxylic acid groups (broad SMARTS) is 1. The Kier molecular flexibility index (Phi) is 3.41. The molecule has 1 N–H and O–H groups in total. The van der Waals surface area contributed by atoms with Gasteiger partial charge in [-0.3, -0.25) is 0 Å². The van der Waals surface area contributed by atoms with E-state index in [2.05, 4.69) is 4.74 Å². The molecule has 0 amide bonds. The number of rotatable bonds is 4. The standard InChI is InChI=1S/C9H9FO4/c1-13-5-14-7-4-2-3-6(10)8(7)9(11)12/h2-4H,5H2,1H3,(H,11,12). The smallest absolute Gasteiger partial charge is 0.342 e. The summed E-state index contributed by atoms with van der Waals surface area (Å²) >= 11 is 0. The van der Waals surface area contributed by atoms with Crippen LogP contribution < -0.4 is 4.74 Å². The summed E-state index contributed by atoms with van der Waals surface area (Å²) in [5.74, 6) is -2.24. The van der Waals surface area contributed by atoms with E-state index in [0.717, 1.165) is 6.07 Å². The molecule has 0 bridgehead atoms. The van der Waals surface area contributed by atoms with E-state index in [9.17, 15) is 9.18 Å². The molecule has 0 radical (unpaired) electrons. The molecule has 1 aromatic rings. The first-order valence-electron chi connectivity index (χ1n) is 3.80. The predicted octanol–water partition coefficient (Wildman–Crippen LogP) is 1.51. The Labute approximate surface area is 79.9 Å². The van der Waals surface area contributed by atoms with Crippen molar-refractivity contribution in [2.24, 2.45) is 0 Å². The molecule has 14 heavy (non-hydrogen) atoms. The van der Waals surface area contributed by atoms with Crippen LogP contribution in [-0.4, -0.2) is 25.0 Å². The zero-order valence-corrected chi connectivity index (χ0v) is 7.49. The first kappa shape index (κ1) is 10.5. The maximum atomic E-state index is 13.0. The van der Waals surface area contributed by atoms with Crippen molar-refractivity contribution >= 4 is 5.97 Å². The molecule has 0 unspecified atom stereocenters. The Balaban J connectivity index is 3.02. The molecule has 0 aliphatic carbocycles. The first-order valence-corrected chi connectivity index (χ1v) is 3.80. The lowest BCUT2D eigenvalue weighted by molar-refractivity contribution is 0.0479. The molecule has 0 saturated carbocycles. The van der Waals surface area contributed by atoms with Gasteiger partial charge in [-0.1, -0.05) is 6.07 Å². The van der Waals surface area contributed by atoms with Gasteiger partial charge in [0.1, 0.15) is 17.1 Å². The lowest BCUT2D eigenvalue weighted by Gasteiger charge is -2.07. The van der Waals surface area contributed by atoms with Crippen molar-refractivity contribution in [3.8, 4) is 5.75 Å². The molecule has 0 spiro atoms. The molecule has 0 heterocycles. The van der Waals surface area contributed by atoms with E-state index in [1.165, 1.54) is 19.2 Å². The second-order valence-corrected chi connectivity index (χ2v) is 2.47. The molecule has 0 atom stereocenters. The van der Waals surface area contributed by atoms with Gasteiger partial charge in [0.2, 0.25) is 0 Å². The van der Waals surface area contributed by atoms with Crippen LogP contribution in [0, 0.1) is 5.82 Å². The summed E-state index contributed by atoms with van der Waals surface area (Å²) in [6, 6.07) is 3.79. The third-order valence-electron chi connectivity index (χ3n) is 1.52. The molecule has 1 rings (SSSR count). The lowest BCUT2D eigenvalue weighted by Crippen LogP contribution is -2.07. The van der Waals surface area contributed by atoms with Crippen LogP contribution in [0.2, 0.25) is 0 Å². The van der Waals surface area contributed by atoms with Gasteiger partial charge >= 0.3 is 5.97 Å². The van der Waals surface area contributed by atoms with E-state index < -0.39 is 17.3 Å². The fourth-order valence-corrected chi connectivity index (χ4v) is 0.955. The van der Waals surface area contributed by atoms with Crippen molar-refractivity contribution < 1.29 is 23.8 Å². The third-order valence-corrected chi connectivity index (χ3v) is 1.52. The number of aromatic carboxylic acids is 1. The minimum atomic E-state index is -1.37. The minimum Gasteiger partial charge on any atom is -0.477 e. The highest BCUT2D eigenvalue weighted by Gasteiger charge is 2.16. The van der Waals surface area contributed by atoms with Crippen molar-refractivity contribution in [3.63, 3.8) is 0 Å². The number of halogens is 1. The summed E-state index contributed by atoms with van der Waals surface area (Å²) in [6.07, 6.45) is 0. The number of carboxylic acids is 1. The molecular formula is C9H9FO4. The molecule has 0 aliphatic rings. The van der Waals surface area contributed by atoms with Gasteiger partial charge in [0.15, 0.2) is 6.79 Å². The van der Waals surface area contributed by atoms with Gasteiger partial charge in [0.25, 0.3) is 0 Å². The van der Waals surface area contributed by atoms with Gasteiger partial charge < -0.3 is 14.6 Å². The monoisotopic (exact) mass is 200 g/mol. The highest BCUT2D eigenvalue weighted by molar-refractivity contribution is 5.91. The number of hydrogen-bond acceptors (Lipinski definition) is 3. The SMILES string of the molecule is COCOc1cccc(F)c1C(=O)O. The largest absolute Gasteiger partial charge is 0.477 e. The van der Waals surface area contributed by atoms with E-state index in [-0.39, 0.29) is 12.5 Å². The van der Waals surface area contributed by atoms with E-state index in [1.54, 1.807) is 0 Å². The number of ether oxygens (including phenoxy) is 2. The summed E-state index contributed by atoms with van der Waals surface area (Å²) in [5, 5.41) is 8.69. The highest BCUT2D eigenvalue weighted by Crippen LogP contribution is 2.21. The van der Waals surface area contributed by atoms with Crippen molar-refractivity contribution in [1.29, 1.82) is 0 Å². The highest BCUT2D eigenvalue weighted by atomic mass is 19.1. The molecule has 4 nitrogen and oxygen atoms in total. The first-order chi connectivity index (χ1) is 6.66. The number of carbonyl (C=O) groups is 1. The Morgan fingerprint density at radius 1 is 1.57 bits per heavy atom. The quantitative estimate of drug-likeness (QED) is 0.748. The van der Waals surface area contributed by atoms with Crippen LogP contribution in [0.4, 0.5) is 4.39 Å². The topological polar surface area (TPSA) is 55.8 Å². The number of hydrogen-bond donors (Lipinski definition) is 1. The Bertz CT molecular complexity index is 338. The lowest BCUT2D eigenvalue weighted by atomic mass is 10.2. The second-order valence-electron chi connectivity index (χ2n) is 2.47. The van der Waals surface area contributed by atoms with E-state index in [1.807, 2.05) is 0 Å². The molecule has 76 valence electrons. The predicted molar refractivity (Wildman–Crippen MR) is 45.9 cm³/mol. The Morgan fingerprint density at radius 3 is 2.86 bits per heavy atom. The van der Waals surface area contributed by atoms with Gasteiger partial charge in [-0.15, -0.1) is 0 Å². The number of benzene rings is 1. The van der Waals surface area contributed by atoms with Crippen LogP contribution in [-0.2, 0) is 4.74 Å². The molecule has 0 fully saturated rings. The minimum absolute atomic E-state index is 0.0423. The van der Waals surface area contributed by atoms with E-state index in [4.69, 9.17) is 9.84 Å². The average Bonchev–Trinajstić information content (AvgIpc) is 2.14. The second kappa shape index (κ2) is 4.57. The molecule has 0 aliphatic heterocycles. The summed E-state index contributed by atoms with van der Waals surface area (Å²) < 4.78 is 22.5. The van der Waals surface area contributed by atoms with Crippen molar-refractivity contribution in [3.05, 3.63) is 29.6 Å². The maximum Gasteiger partial charge on any atom is 0.342 e. The Hall–Kier alpha value is -1.62. The van der Waals surface area contributed by atoms with Crippen LogP contribution in [0.25, 0.3) is 0 Å². The van der Waals surface area contributed by atoms with Gasteiger partial charge in [-0.2, -0.15) is 0 Å². The van der Waals surface area contributed by atoms with Crippen LogP contribution >= 0.6 is 0 Å². The summed E-state index contributed by atoms with van der Waals surface area (Å²) in [6.45, 7) is -0.121. The summed E-state index contributed by atoms with van der Waals surface area (Å²) in [4.78, 5) is 10.6. The molecule has 5 heteroatoms. The van der Waals surface area contributed by atoms with Crippen LogP contribution in [0.1, 0.15) is 10.4 Å². The van der Waals surface area contributed by atoms with Gasteiger partial charge in [-0.05, 0) is 12.1 Å². The molecule has 0 saturated heterocycles. The van der Waals surface area contributed by atoms with E-state index in [0.29, 0.717) is 0 Å². The molecular weight excluding hydrogens is 191 g/mol. The third kappa shape index (κ3) is 2.20. The Morgan fingerprint density at radius 2 is 2.29 bits per heavy atom. The normalized spacial score (nSPS) is 9.86. The van der Waals surface area contributed by atoms with Crippen molar-refractivity contribution in [1.82, 2.24) is 0 Å². The summed E-state index contributed by atoms with van der Waals surface area (Å²) in [7, 11) is 1.39. The van der Waals surface area contributed by atoms with Gasteiger partial charge in [0.05, 0.1) is 0 Å². The van der Waals surface area contributed by atoms with Crippen LogP contribution in [0.5, 0.6) is 5.75 Å². The van der Waals surface area contributed by atoms with E-state index >= 15 is 0 Å². The maximum absolute atomic E-state index is 13.0. The molecule has 0 aromatic heterocycles. The zero-order valence-electron chi connectivity index (χ0n) is 7.49. The fraction of sp³-hybridized carbons (Fsp3) is 0.222. The van der Waals surface area contributed by atoms with Gasteiger partial charge in [-0.25, -0.2) is 9.18 Å². The van der Waals surface area contributed by atoms with Crippen LogP contribution in [0.15, 0.2) is 18.2 Å². The average molecular weight is 200 g/mol. The van der Waals surface area contributed by atoms with Gasteiger partial charge in [0, 0.05) is 7.11 Å². The zero-order chi connectivity index (χ0) is 10.6. The number of methoxy groups -OCH3 is 1. The van der Waals surface area contributed by atoms with Crippen molar-refractivity contribution in [2.75, 3.05) is 13.9 Å². The molecule has 1 aromatic carbocycles. The fourth-order valence-electron chi connectivity index (χ4n) is 0.955. The van der Waals surface area contributed by atoms with Crippen molar-refractivity contribution in [2.45, 2.75) is 0 Å². The summed E-state index contributed by atoms with van der Waals surface area (Å²) in [5.41, 5.74) is -0.482.